The zero-order chi connectivity index (χ0) is 22.0. The first kappa shape index (κ1) is 24.1. The van der Waals surface area contributed by atoms with E-state index in [0.29, 0.717) is 12.0 Å². The number of Topliss-reactive ketones (excluding diaryl/α,β-unsaturated/α-hetero) is 1. The Labute approximate surface area is 181 Å². The van der Waals surface area contributed by atoms with E-state index < -0.39 is 11.5 Å². The molecule has 30 heavy (non-hydrogen) atoms. The Morgan fingerprint density at radius 3 is 2.37 bits per heavy atom. The second-order valence-corrected chi connectivity index (χ2v) is 9.43. The number of nitrogens with one attached hydrogen (secondary N) is 1. The van der Waals surface area contributed by atoms with Crippen LogP contribution in [0.1, 0.15) is 88.9 Å². The summed E-state index contributed by atoms with van der Waals surface area (Å²) in [4.78, 5) is 37.4. The number of rotatable bonds is 10. The summed E-state index contributed by atoms with van der Waals surface area (Å²) in [6.07, 6.45) is 9.18. The fraction of sp³-hybridized carbons (Fsp3) is 0.640. The van der Waals surface area contributed by atoms with Crippen LogP contribution < -0.4 is 5.32 Å². The molecule has 0 spiro atoms. The molecule has 5 nitrogen and oxygen atoms in total. The molecule has 1 N–H and O–H groups in total. The molecule has 5 heteroatoms. The molecule has 0 saturated heterocycles. The van der Waals surface area contributed by atoms with Crippen molar-refractivity contribution in [1.29, 1.82) is 0 Å². The van der Waals surface area contributed by atoms with Gasteiger partial charge in [-0.25, -0.2) is 0 Å². The number of ketones is 1. The minimum absolute atomic E-state index is 0.0489. The first-order chi connectivity index (χ1) is 14.2. The van der Waals surface area contributed by atoms with Crippen LogP contribution in [-0.2, 0) is 14.3 Å². The van der Waals surface area contributed by atoms with Crippen LogP contribution in [0.4, 0.5) is 0 Å². The third-order valence-corrected chi connectivity index (χ3v) is 5.61. The number of ether oxygens (including phenoxy) is 1. The number of hydrogen-bond acceptors (Lipinski definition) is 4. The molecule has 1 aliphatic rings. The van der Waals surface area contributed by atoms with Crippen molar-refractivity contribution in [3.05, 3.63) is 35.9 Å². The highest BCUT2D eigenvalue weighted by molar-refractivity contribution is 5.99. The predicted molar refractivity (Wildman–Crippen MR) is 118 cm³/mol. The van der Waals surface area contributed by atoms with Gasteiger partial charge in [0.1, 0.15) is 5.60 Å². The van der Waals surface area contributed by atoms with Crippen LogP contribution in [0.15, 0.2) is 30.3 Å². The Kier molecular flexibility index (Phi) is 9.54. The third-order valence-electron chi connectivity index (χ3n) is 5.61. The van der Waals surface area contributed by atoms with Crippen molar-refractivity contribution in [2.75, 3.05) is 6.54 Å². The molecule has 1 amide bonds. The topological polar surface area (TPSA) is 72.5 Å². The molecule has 1 atom stereocenters. The van der Waals surface area contributed by atoms with E-state index in [1.165, 1.54) is 32.1 Å². The fourth-order valence-electron chi connectivity index (χ4n) is 4.08. The van der Waals surface area contributed by atoms with Gasteiger partial charge in [-0.15, -0.1) is 0 Å². The molecule has 0 aromatic heterocycles. The van der Waals surface area contributed by atoms with Crippen LogP contribution >= 0.6 is 0 Å². The van der Waals surface area contributed by atoms with Crippen molar-refractivity contribution in [2.45, 2.75) is 84.2 Å². The average molecular weight is 416 g/mol. The van der Waals surface area contributed by atoms with E-state index in [9.17, 15) is 14.4 Å². The predicted octanol–water partition coefficient (Wildman–Crippen LogP) is 5.08. The Hall–Kier alpha value is -2.17. The summed E-state index contributed by atoms with van der Waals surface area (Å²) in [5.74, 6) is -0.471. The zero-order valence-electron chi connectivity index (χ0n) is 18.7. The molecule has 1 saturated carbocycles. The molecule has 0 unspecified atom stereocenters. The summed E-state index contributed by atoms with van der Waals surface area (Å²) in [7, 11) is 0. The SMILES string of the molecule is CC(C)(C)OC(=O)C[C@@H](CCCC1CCCCC1)C(=O)NCC(=O)c1ccccc1. The number of hydrogen-bond donors (Lipinski definition) is 1. The fourth-order valence-corrected chi connectivity index (χ4v) is 4.08. The van der Waals surface area contributed by atoms with Crippen LogP contribution in [0.3, 0.4) is 0 Å². The van der Waals surface area contributed by atoms with E-state index in [-0.39, 0.29) is 30.6 Å². The normalized spacial score (nSPS) is 16.0. The molecular formula is C25H37NO4. The van der Waals surface area contributed by atoms with E-state index in [2.05, 4.69) is 5.32 Å². The highest BCUT2D eigenvalue weighted by Gasteiger charge is 2.26. The number of carbonyl (C=O) groups excluding carboxylic acids is 3. The maximum Gasteiger partial charge on any atom is 0.307 e. The smallest absolute Gasteiger partial charge is 0.307 e. The first-order valence-corrected chi connectivity index (χ1v) is 11.3. The van der Waals surface area contributed by atoms with E-state index in [0.717, 1.165) is 18.8 Å². The summed E-state index contributed by atoms with van der Waals surface area (Å²) in [6.45, 7) is 5.40. The summed E-state index contributed by atoms with van der Waals surface area (Å²) < 4.78 is 5.42. The maximum absolute atomic E-state index is 12.8. The number of benzene rings is 1. The van der Waals surface area contributed by atoms with Crippen molar-refractivity contribution in [2.24, 2.45) is 11.8 Å². The van der Waals surface area contributed by atoms with E-state index in [4.69, 9.17) is 4.74 Å². The summed E-state index contributed by atoms with van der Waals surface area (Å²) >= 11 is 0. The molecule has 0 bridgehead atoms. The van der Waals surface area contributed by atoms with Gasteiger partial charge >= 0.3 is 5.97 Å². The van der Waals surface area contributed by atoms with E-state index >= 15 is 0 Å². The van der Waals surface area contributed by atoms with Gasteiger partial charge in [0.15, 0.2) is 5.78 Å². The molecule has 1 fully saturated rings. The lowest BCUT2D eigenvalue weighted by Gasteiger charge is -2.24. The summed E-state index contributed by atoms with van der Waals surface area (Å²) in [5.41, 5.74) is -0.0116. The van der Waals surface area contributed by atoms with Gasteiger partial charge in [0.05, 0.1) is 13.0 Å². The molecule has 0 aliphatic heterocycles. The number of esters is 1. The Morgan fingerprint density at radius 1 is 1.07 bits per heavy atom. The van der Waals surface area contributed by atoms with Crippen molar-refractivity contribution in [1.82, 2.24) is 5.32 Å². The number of carbonyl (C=O) groups is 3. The van der Waals surface area contributed by atoms with Gasteiger partial charge in [0.2, 0.25) is 5.91 Å². The molecule has 2 rings (SSSR count). The third kappa shape index (κ3) is 9.10. The van der Waals surface area contributed by atoms with Gasteiger partial charge in [-0.2, -0.15) is 0 Å². The standard InChI is InChI=1S/C25H37NO4/c1-25(2,3)30-23(28)17-21(16-10-13-19-11-6-4-7-12-19)24(29)26-18-22(27)20-14-8-5-9-15-20/h5,8-9,14-15,19,21H,4,6-7,10-13,16-18H2,1-3H3,(H,26,29)/t21-/m1/s1. The van der Waals surface area contributed by atoms with Crippen molar-refractivity contribution in [3.8, 4) is 0 Å². The molecule has 166 valence electrons. The molecule has 0 radical (unpaired) electrons. The monoisotopic (exact) mass is 415 g/mol. The molecule has 1 aromatic carbocycles. The second kappa shape index (κ2) is 11.9. The van der Waals surface area contributed by atoms with Gasteiger partial charge < -0.3 is 10.1 Å². The Morgan fingerprint density at radius 2 is 1.73 bits per heavy atom. The van der Waals surface area contributed by atoms with Crippen LogP contribution in [0, 0.1) is 11.8 Å². The Bertz CT molecular complexity index is 687. The molecule has 0 heterocycles. The minimum atomic E-state index is -0.580. The molecular weight excluding hydrogens is 378 g/mol. The highest BCUT2D eigenvalue weighted by atomic mass is 16.6. The minimum Gasteiger partial charge on any atom is -0.460 e. The van der Waals surface area contributed by atoms with Crippen molar-refractivity contribution >= 4 is 17.7 Å². The second-order valence-electron chi connectivity index (χ2n) is 9.43. The molecule has 1 aromatic rings. The van der Waals surface area contributed by atoms with Gasteiger partial charge in [0, 0.05) is 11.5 Å². The quantitative estimate of drug-likeness (QED) is 0.427. The van der Waals surface area contributed by atoms with Gasteiger partial charge in [-0.1, -0.05) is 75.3 Å². The first-order valence-electron chi connectivity index (χ1n) is 11.3. The number of amides is 1. The van der Waals surface area contributed by atoms with Gasteiger partial charge in [-0.3, -0.25) is 14.4 Å². The van der Waals surface area contributed by atoms with Crippen LogP contribution in [0.5, 0.6) is 0 Å². The highest BCUT2D eigenvalue weighted by Crippen LogP contribution is 2.29. The summed E-state index contributed by atoms with van der Waals surface area (Å²) in [6, 6.07) is 8.91. The van der Waals surface area contributed by atoms with E-state index in [1.807, 2.05) is 26.8 Å². The van der Waals surface area contributed by atoms with E-state index in [1.54, 1.807) is 24.3 Å². The van der Waals surface area contributed by atoms with Gasteiger partial charge in [0.25, 0.3) is 0 Å². The van der Waals surface area contributed by atoms with Crippen LogP contribution in [0.25, 0.3) is 0 Å². The zero-order valence-corrected chi connectivity index (χ0v) is 18.7. The lowest BCUT2D eigenvalue weighted by Crippen LogP contribution is -2.36. The lowest BCUT2D eigenvalue weighted by atomic mass is 9.84. The average Bonchev–Trinajstić information content (AvgIpc) is 2.71. The molecule has 1 aliphatic carbocycles. The Balaban J connectivity index is 1.89. The van der Waals surface area contributed by atoms with Gasteiger partial charge in [-0.05, 0) is 33.1 Å². The largest absolute Gasteiger partial charge is 0.460 e. The van der Waals surface area contributed by atoms with Crippen LogP contribution in [-0.4, -0.2) is 29.8 Å². The van der Waals surface area contributed by atoms with Crippen molar-refractivity contribution < 1.29 is 19.1 Å². The van der Waals surface area contributed by atoms with Crippen LogP contribution in [0.2, 0.25) is 0 Å². The summed E-state index contributed by atoms with van der Waals surface area (Å²) in [5, 5.41) is 2.74. The van der Waals surface area contributed by atoms with Crippen molar-refractivity contribution in [3.63, 3.8) is 0 Å². The maximum atomic E-state index is 12.8. The lowest BCUT2D eigenvalue weighted by molar-refractivity contribution is -0.157.